The number of carbonyl (C=O) groups excluding carboxylic acids is 3. The highest BCUT2D eigenvalue weighted by molar-refractivity contribution is 6.23. The smallest absolute Gasteiger partial charge is 0.343 e. The van der Waals surface area contributed by atoms with Gasteiger partial charge in [0.25, 0.3) is 5.91 Å². The van der Waals surface area contributed by atoms with Crippen molar-refractivity contribution in [2.24, 2.45) is 5.92 Å². The number of aliphatic hydroxyl groups excluding tert-OH is 1. The zero-order valence-corrected chi connectivity index (χ0v) is 20.4. The normalized spacial score (nSPS) is 17.9. The summed E-state index contributed by atoms with van der Waals surface area (Å²) in [6.45, 7) is 7.13. The molecule has 1 aromatic carbocycles. The van der Waals surface area contributed by atoms with Crippen LogP contribution in [0.25, 0.3) is 0 Å². The fourth-order valence-corrected chi connectivity index (χ4v) is 3.97. The van der Waals surface area contributed by atoms with Gasteiger partial charge in [0.2, 0.25) is 11.4 Å². The molecule has 0 saturated heterocycles. The van der Waals surface area contributed by atoms with Crippen molar-refractivity contribution in [3.05, 3.63) is 35.9 Å². The van der Waals surface area contributed by atoms with Gasteiger partial charge in [0, 0.05) is 13.6 Å². The van der Waals surface area contributed by atoms with E-state index >= 15 is 0 Å². The van der Waals surface area contributed by atoms with Crippen molar-refractivity contribution in [1.82, 2.24) is 9.80 Å². The maximum atomic E-state index is 14.0. The lowest BCUT2D eigenvalue weighted by atomic mass is 9.68. The third kappa shape index (κ3) is 5.48. The summed E-state index contributed by atoms with van der Waals surface area (Å²) in [5.74, 6) is -5.69. The highest BCUT2D eigenvalue weighted by atomic mass is 16.4. The highest BCUT2D eigenvalue weighted by Gasteiger charge is 2.62. The van der Waals surface area contributed by atoms with Gasteiger partial charge < -0.3 is 20.2 Å². The fraction of sp³-hybridized carbons (Fsp3) is 0.583. The Morgan fingerprint density at radius 1 is 1.03 bits per heavy atom. The summed E-state index contributed by atoms with van der Waals surface area (Å²) in [6.07, 6.45) is -1.33. The number of rotatable bonds is 12. The Kier molecular flexibility index (Phi) is 9.47. The minimum atomic E-state index is -2.94. The van der Waals surface area contributed by atoms with Gasteiger partial charge >= 0.3 is 5.97 Å². The molecule has 0 heterocycles. The first-order chi connectivity index (χ1) is 15.2. The molecule has 0 aliphatic heterocycles. The Morgan fingerprint density at radius 3 is 1.97 bits per heavy atom. The van der Waals surface area contributed by atoms with E-state index in [1.807, 2.05) is 30.3 Å². The molecule has 0 aliphatic rings. The van der Waals surface area contributed by atoms with Gasteiger partial charge in [0.15, 0.2) is 11.3 Å². The number of carboxylic acid groups (broad SMARTS) is 1. The van der Waals surface area contributed by atoms with Crippen molar-refractivity contribution < 1.29 is 34.5 Å². The number of likely N-dealkylation sites (N-methyl/N-ethyl adjacent to an activating group) is 2. The number of benzene rings is 1. The van der Waals surface area contributed by atoms with Crippen molar-refractivity contribution in [3.8, 4) is 0 Å². The van der Waals surface area contributed by atoms with Crippen LogP contribution in [0.3, 0.4) is 0 Å². The van der Waals surface area contributed by atoms with Crippen LogP contribution < -0.4 is 0 Å². The first kappa shape index (κ1) is 28.4. The number of carboxylic acids is 1. The number of hydrogen-bond donors (Lipinski definition) is 3. The zero-order valence-electron chi connectivity index (χ0n) is 20.4. The van der Waals surface area contributed by atoms with Gasteiger partial charge in [0.1, 0.15) is 6.10 Å². The molecule has 9 heteroatoms. The molecule has 0 unspecified atom stereocenters. The summed E-state index contributed by atoms with van der Waals surface area (Å²) < 4.78 is 0. The molecule has 0 aliphatic carbocycles. The number of aliphatic hydroxyl groups is 2. The van der Waals surface area contributed by atoms with Crippen LogP contribution in [-0.4, -0.2) is 85.9 Å². The lowest BCUT2D eigenvalue weighted by Gasteiger charge is -2.47. The van der Waals surface area contributed by atoms with E-state index in [2.05, 4.69) is 0 Å². The molecule has 3 N–H and O–H groups in total. The lowest BCUT2D eigenvalue weighted by molar-refractivity contribution is -0.177. The third-order valence-corrected chi connectivity index (χ3v) is 6.44. The van der Waals surface area contributed by atoms with Gasteiger partial charge in [0.05, 0.1) is 6.04 Å². The molecular formula is C24H36N2O7. The topological polar surface area (TPSA) is 135 Å². The molecule has 0 spiro atoms. The molecule has 1 aromatic rings. The molecule has 0 saturated carbocycles. The second-order valence-electron chi connectivity index (χ2n) is 8.80. The van der Waals surface area contributed by atoms with E-state index in [-0.39, 0.29) is 6.42 Å². The van der Waals surface area contributed by atoms with Crippen LogP contribution in [0.5, 0.6) is 0 Å². The van der Waals surface area contributed by atoms with E-state index in [1.54, 1.807) is 32.7 Å². The van der Waals surface area contributed by atoms with Crippen molar-refractivity contribution >= 4 is 23.4 Å². The van der Waals surface area contributed by atoms with Crippen LogP contribution in [0.1, 0.15) is 46.6 Å². The maximum Gasteiger partial charge on any atom is 0.343 e. The van der Waals surface area contributed by atoms with Gasteiger partial charge in [-0.15, -0.1) is 0 Å². The third-order valence-electron chi connectivity index (χ3n) is 6.44. The van der Waals surface area contributed by atoms with E-state index in [9.17, 15) is 34.5 Å². The quantitative estimate of drug-likeness (QED) is 0.392. The number of nitrogens with zero attached hydrogens (tertiary/aromatic N) is 2. The minimum absolute atomic E-state index is 0.222. The van der Waals surface area contributed by atoms with E-state index < -0.39 is 52.6 Å². The molecule has 184 valence electrons. The van der Waals surface area contributed by atoms with Gasteiger partial charge in [-0.05, 0) is 39.3 Å². The number of ketones is 2. The number of Topliss-reactive ketones (excluding diaryl/α,β-unsaturated/α-hetero) is 2. The fourth-order valence-electron chi connectivity index (χ4n) is 3.97. The molecular weight excluding hydrogens is 428 g/mol. The van der Waals surface area contributed by atoms with E-state index in [1.165, 1.54) is 14.0 Å². The number of amides is 1. The second kappa shape index (κ2) is 11.0. The Balaban J connectivity index is 3.69. The molecule has 5 atom stereocenters. The number of carbonyl (C=O) groups is 4. The Hall–Kier alpha value is -2.62. The van der Waals surface area contributed by atoms with E-state index in [4.69, 9.17) is 0 Å². The van der Waals surface area contributed by atoms with Crippen LogP contribution in [-0.2, 0) is 25.7 Å². The molecule has 9 nitrogen and oxygen atoms in total. The average Bonchev–Trinajstić information content (AvgIpc) is 2.77. The molecule has 1 rings (SSSR count). The monoisotopic (exact) mass is 464 g/mol. The SMILES string of the molecule is CC[C@H](C)[C@@](C(=O)[C@H](C)N(C)Cc1ccccc1)(C(=O)[C@](C)(O)C(=O)O)N(C)C(=O)[C@@H](C)O. The zero-order chi connectivity index (χ0) is 25.7. The van der Waals surface area contributed by atoms with E-state index in [0.29, 0.717) is 6.54 Å². The van der Waals surface area contributed by atoms with Gasteiger partial charge in [-0.1, -0.05) is 50.6 Å². The van der Waals surface area contributed by atoms with Crippen molar-refractivity contribution in [3.63, 3.8) is 0 Å². The molecule has 0 radical (unpaired) electrons. The van der Waals surface area contributed by atoms with Crippen LogP contribution in [0.15, 0.2) is 30.3 Å². The van der Waals surface area contributed by atoms with Crippen LogP contribution >= 0.6 is 0 Å². The molecule has 0 fully saturated rings. The molecule has 1 amide bonds. The average molecular weight is 465 g/mol. The summed E-state index contributed by atoms with van der Waals surface area (Å²) in [5.41, 5.74) is -4.36. The summed E-state index contributed by atoms with van der Waals surface area (Å²) >= 11 is 0. The van der Waals surface area contributed by atoms with Gasteiger partial charge in [-0.3, -0.25) is 19.3 Å². The molecule has 0 bridgehead atoms. The van der Waals surface area contributed by atoms with Crippen LogP contribution in [0, 0.1) is 5.92 Å². The highest BCUT2D eigenvalue weighted by Crippen LogP contribution is 2.35. The Morgan fingerprint density at radius 2 is 1.55 bits per heavy atom. The van der Waals surface area contributed by atoms with Crippen LogP contribution in [0.4, 0.5) is 0 Å². The van der Waals surface area contributed by atoms with Gasteiger partial charge in [-0.2, -0.15) is 0 Å². The summed E-state index contributed by atoms with van der Waals surface area (Å²) in [6, 6.07) is 8.37. The Labute approximate surface area is 195 Å². The minimum Gasteiger partial charge on any atom is -0.479 e. The summed E-state index contributed by atoms with van der Waals surface area (Å²) in [7, 11) is 2.85. The van der Waals surface area contributed by atoms with Crippen molar-refractivity contribution in [2.45, 2.75) is 70.9 Å². The lowest BCUT2D eigenvalue weighted by Crippen LogP contribution is -2.73. The van der Waals surface area contributed by atoms with Crippen LogP contribution in [0.2, 0.25) is 0 Å². The van der Waals surface area contributed by atoms with E-state index in [0.717, 1.165) is 17.4 Å². The standard InChI is InChI=1S/C24H36N2O7/c1-8-15(2)24(26(7)20(29)17(4)27,21(30)23(5,33)22(31)32)19(28)16(3)25(6)14-18-12-10-9-11-13-18/h9-13,15-17,27,33H,8,14H2,1-7H3,(H,31,32)/t15-,16-,17+,23-,24+/m0/s1. The predicted octanol–water partition coefficient (Wildman–Crippen LogP) is 1.10. The predicted molar refractivity (Wildman–Crippen MR) is 122 cm³/mol. The van der Waals surface area contributed by atoms with Crippen molar-refractivity contribution in [1.29, 1.82) is 0 Å². The molecule has 33 heavy (non-hydrogen) atoms. The number of aliphatic carboxylic acids is 1. The summed E-state index contributed by atoms with van der Waals surface area (Å²) in [4.78, 5) is 54.8. The van der Waals surface area contributed by atoms with Gasteiger partial charge in [-0.25, -0.2) is 4.79 Å². The first-order valence-electron chi connectivity index (χ1n) is 10.9. The maximum absolute atomic E-state index is 14.0. The second-order valence-corrected chi connectivity index (χ2v) is 8.80. The van der Waals surface area contributed by atoms with Crippen molar-refractivity contribution in [2.75, 3.05) is 14.1 Å². The Bertz CT molecular complexity index is 869. The molecule has 0 aromatic heterocycles. The first-order valence-corrected chi connectivity index (χ1v) is 10.9. The number of hydrogen-bond acceptors (Lipinski definition) is 7. The largest absolute Gasteiger partial charge is 0.479 e. The summed E-state index contributed by atoms with van der Waals surface area (Å²) in [5, 5.41) is 30.1.